The van der Waals surface area contributed by atoms with Crippen molar-refractivity contribution in [3.05, 3.63) is 23.8 Å². The summed E-state index contributed by atoms with van der Waals surface area (Å²) in [7, 11) is 0. The van der Waals surface area contributed by atoms with Crippen molar-refractivity contribution in [3.8, 4) is 11.5 Å². The van der Waals surface area contributed by atoms with Crippen molar-refractivity contribution in [1.29, 1.82) is 0 Å². The second-order valence-electron chi connectivity index (χ2n) is 3.27. The topological polar surface area (TPSA) is 110 Å². The lowest BCUT2D eigenvalue weighted by atomic mass is 10.1. The van der Waals surface area contributed by atoms with Crippen molar-refractivity contribution < 1.29 is 25.2 Å². The number of carbonyl (C=O) groups excluding carboxylic acids is 1. The molecule has 0 atom stereocenters. The molecule has 0 aliphatic heterocycles. The number of nitrogens with one attached hydrogen (secondary N) is 1. The van der Waals surface area contributed by atoms with Gasteiger partial charge in [-0.25, -0.2) is 0 Å². The monoisotopic (exact) mass is 227 g/mol. The predicted molar refractivity (Wildman–Crippen MR) is 55.2 cm³/mol. The number of amides is 1. The maximum atomic E-state index is 11.5. The minimum atomic E-state index is -0.767. The minimum absolute atomic E-state index is 0.0457. The van der Waals surface area contributed by atoms with Gasteiger partial charge in [0.2, 0.25) is 0 Å². The molecule has 6 nitrogen and oxygen atoms in total. The van der Waals surface area contributed by atoms with Gasteiger partial charge in [-0.2, -0.15) is 0 Å². The van der Waals surface area contributed by atoms with Gasteiger partial charge in [0.05, 0.1) is 19.3 Å². The lowest BCUT2D eigenvalue weighted by molar-refractivity contribution is 0.0878. The first-order valence-electron chi connectivity index (χ1n) is 4.62. The third kappa shape index (κ3) is 3.11. The van der Waals surface area contributed by atoms with Crippen molar-refractivity contribution >= 4 is 5.91 Å². The molecule has 0 aliphatic carbocycles. The molecule has 0 aliphatic rings. The number of aliphatic hydroxyl groups excluding tert-OH is 2. The second-order valence-corrected chi connectivity index (χ2v) is 3.27. The third-order valence-electron chi connectivity index (χ3n) is 1.94. The van der Waals surface area contributed by atoms with Crippen LogP contribution in [-0.4, -0.2) is 45.6 Å². The second kappa shape index (κ2) is 5.34. The summed E-state index contributed by atoms with van der Waals surface area (Å²) in [5.41, 5.74) is 0.0457. The van der Waals surface area contributed by atoms with Crippen LogP contribution in [-0.2, 0) is 0 Å². The van der Waals surface area contributed by atoms with Crippen molar-refractivity contribution in [1.82, 2.24) is 5.32 Å². The number of rotatable bonds is 4. The first kappa shape index (κ1) is 12.3. The van der Waals surface area contributed by atoms with E-state index in [4.69, 9.17) is 20.4 Å². The van der Waals surface area contributed by atoms with E-state index in [2.05, 4.69) is 5.32 Å². The summed E-state index contributed by atoms with van der Waals surface area (Å²) in [6.45, 7) is -0.792. The van der Waals surface area contributed by atoms with Gasteiger partial charge in [0, 0.05) is 11.6 Å². The van der Waals surface area contributed by atoms with Gasteiger partial charge in [0.25, 0.3) is 5.91 Å². The highest BCUT2D eigenvalue weighted by Crippen LogP contribution is 2.20. The van der Waals surface area contributed by atoms with Gasteiger partial charge in [-0.1, -0.05) is 0 Å². The summed E-state index contributed by atoms with van der Waals surface area (Å²) in [6, 6.07) is 2.66. The predicted octanol–water partition coefficient (Wildman–Crippen LogP) is -0.819. The van der Waals surface area contributed by atoms with E-state index in [1.54, 1.807) is 0 Å². The maximum Gasteiger partial charge on any atom is 0.251 e. The summed E-state index contributed by atoms with van der Waals surface area (Å²) in [5, 5.41) is 38.1. The van der Waals surface area contributed by atoms with Crippen molar-refractivity contribution in [2.45, 2.75) is 6.04 Å². The molecule has 0 saturated heterocycles. The average Bonchev–Trinajstić information content (AvgIpc) is 2.24. The number of benzene rings is 1. The Balaban J connectivity index is 2.80. The SMILES string of the molecule is O=C(NC(CO)CO)c1cc(O)cc(O)c1. The largest absolute Gasteiger partial charge is 0.508 e. The van der Waals surface area contributed by atoms with Crippen LogP contribution in [0.3, 0.4) is 0 Å². The van der Waals surface area contributed by atoms with Crippen LogP contribution in [0.2, 0.25) is 0 Å². The zero-order valence-electron chi connectivity index (χ0n) is 8.42. The fourth-order valence-corrected chi connectivity index (χ4v) is 1.14. The molecule has 1 aromatic rings. The number of aliphatic hydroxyl groups is 2. The number of carbonyl (C=O) groups is 1. The summed E-state index contributed by atoms with van der Waals surface area (Å²) in [4.78, 5) is 11.5. The Morgan fingerprint density at radius 2 is 1.62 bits per heavy atom. The van der Waals surface area contributed by atoms with E-state index in [-0.39, 0.29) is 17.1 Å². The quantitative estimate of drug-likeness (QED) is 0.461. The molecule has 0 aromatic heterocycles. The van der Waals surface area contributed by atoms with Gasteiger partial charge in [-0.05, 0) is 12.1 Å². The number of hydrogen-bond donors (Lipinski definition) is 5. The summed E-state index contributed by atoms with van der Waals surface area (Å²) in [5.74, 6) is -1.08. The van der Waals surface area contributed by atoms with Crippen LogP contribution in [0.1, 0.15) is 10.4 Å². The van der Waals surface area contributed by atoms with Gasteiger partial charge in [-0.3, -0.25) is 4.79 Å². The first-order chi connectivity index (χ1) is 7.56. The molecule has 0 spiro atoms. The van der Waals surface area contributed by atoms with E-state index in [9.17, 15) is 4.79 Å². The fraction of sp³-hybridized carbons (Fsp3) is 0.300. The Kier molecular flexibility index (Phi) is 4.10. The molecular weight excluding hydrogens is 214 g/mol. The zero-order chi connectivity index (χ0) is 12.1. The molecule has 0 saturated carbocycles. The molecule has 16 heavy (non-hydrogen) atoms. The Labute approximate surface area is 91.8 Å². The summed E-state index contributed by atoms with van der Waals surface area (Å²) >= 11 is 0. The first-order valence-corrected chi connectivity index (χ1v) is 4.62. The number of phenolic OH excluding ortho intramolecular Hbond substituents is 2. The van der Waals surface area contributed by atoms with Crippen LogP contribution < -0.4 is 5.32 Å². The molecule has 5 N–H and O–H groups in total. The van der Waals surface area contributed by atoms with Crippen LogP contribution in [0, 0.1) is 0 Å². The highest BCUT2D eigenvalue weighted by molar-refractivity contribution is 5.95. The standard InChI is InChI=1S/C10H13NO5/c12-4-7(5-13)11-10(16)6-1-8(14)3-9(15)2-6/h1-3,7,12-15H,4-5H2,(H,11,16). The zero-order valence-corrected chi connectivity index (χ0v) is 8.42. The van der Waals surface area contributed by atoms with Crippen LogP contribution in [0.5, 0.6) is 11.5 Å². The fourth-order valence-electron chi connectivity index (χ4n) is 1.14. The average molecular weight is 227 g/mol. The molecule has 0 unspecified atom stereocenters. The van der Waals surface area contributed by atoms with Crippen LogP contribution in [0.25, 0.3) is 0 Å². The van der Waals surface area contributed by atoms with E-state index in [1.165, 1.54) is 12.1 Å². The molecule has 1 aromatic carbocycles. The minimum Gasteiger partial charge on any atom is -0.508 e. The molecule has 0 radical (unpaired) electrons. The highest BCUT2D eigenvalue weighted by atomic mass is 16.3. The Morgan fingerprint density at radius 3 is 2.06 bits per heavy atom. The van der Waals surface area contributed by atoms with E-state index < -0.39 is 25.2 Å². The van der Waals surface area contributed by atoms with E-state index in [0.29, 0.717) is 0 Å². The number of hydrogen-bond acceptors (Lipinski definition) is 5. The molecule has 0 fully saturated rings. The maximum absolute atomic E-state index is 11.5. The van der Waals surface area contributed by atoms with Gasteiger partial charge >= 0.3 is 0 Å². The van der Waals surface area contributed by atoms with E-state index >= 15 is 0 Å². The van der Waals surface area contributed by atoms with Crippen LogP contribution >= 0.6 is 0 Å². The smallest absolute Gasteiger partial charge is 0.251 e. The van der Waals surface area contributed by atoms with Crippen LogP contribution in [0.15, 0.2) is 18.2 Å². The van der Waals surface area contributed by atoms with Crippen LogP contribution in [0.4, 0.5) is 0 Å². The molecule has 88 valence electrons. The number of aromatic hydroxyl groups is 2. The molecule has 0 bridgehead atoms. The lowest BCUT2D eigenvalue weighted by Gasteiger charge is -2.13. The Bertz CT molecular complexity index is 355. The molecule has 6 heteroatoms. The third-order valence-corrected chi connectivity index (χ3v) is 1.94. The summed E-state index contributed by atoms with van der Waals surface area (Å²) in [6.07, 6.45) is 0. The van der Waals surface area contributed by atoms with Gasteiger partial charge in [0.15, 0.2) is 0 Å². The van der Waals surface area contributed by atoms with Crippen molar-refractivity contribution in [2.24, 2.45) is 0 Å². The summed E-state index contributed by atoms with van der Waals surface area (Å²) < 4.78 is 0. The van der Waals surface area contributed by atoms with Crippen molar-refractivity contribution in [3.63, 3.8) is 0 Å². The normalized spacial score (nSPS) is 10.4. The number of phenols is 2. The molecule has 1 amide bonds. The van der Waals surface area contributed by atoms with Crippen molar-refractivity contribution in [2.75, 3.05) is 13.2 Å². The molecular formula is C10H13NO5. The van der Waals surface area contributed by atoms with Gasteiger partial charge in [0.1, 0.15) is 11.5 Å². The molecule has 0 heterocycles. The van der Waals surface area contributed by atoms with E-state index in [1.807, 2.05) is 0 Å². The highest BCUT2D eigenvalue weighted by Gasteiger charge is 2.13. The van der Waals surface area contributed by atoms with E-state index in [0.717, 1.165) is 6.07 Å². The van der Waals surface area contributed by atoms with Gasteiger partial charge < -0.3 is 25.7 Å². The Hall–Kier alpha value is -1.79. The molecule has 1 rings (SSSR count). The lowest BCUT2D eigenvalue weighted by Crippen LogP contribution is -2.40. The van der Waals surface area contributed by atoms with Gasteiger partial charge in [-0.15, -0.1) is 0 Å². The Morgan fingerprint density at radius 1 is 1.12 bits per heavy atom.